The van der Waals surface area contributed by atoms with Crippen molar-refractivity contribution in [3.8, 4) is 17.0 Å². The summed E-state index contributed by atoms with van der Waals surface area (Å²) in [5, 5.41) is 18.2. The number of piperazine rings is 1. The molecule has 1 aromatic carbocycles. The van der Waals surface area contributed by atoms with Gasteiger partial charge < -0.3 is 14.7 Å². The zero-order valence-corrected chi connectivity index (χ0v) is 23.9. The molecular weight excluding hydrogens is 584 g/mol. The maximum absolute atomic E-state index is 15.0. The van der Waals surface area contributed by atoms with Crippen LogP contribution in [0.1, 0.15) is 23.0 Å². The highest BCUT2D eigenvalue weighted by Gasteiger charge is 2.26. The van der Waals surface area contributed by atoms with Crippen LogP contribution in [0.3, 0.4) is 0 Å². The maximum atomic E-state index is 15.0. The minimum Gasteiger partial charge on any atom is -0.468 e. The van der Waals surface area contributed by atoms with E-state index in [0.29, 0.717) is 65.4 Å². The number of anilines is 1. The summed E-state index contributed by atoms with van der Waals surface area (Å²) in [6, 6.07) is 4.46. The molecule has 11 nitrogen and oxygen atoms in total. The molecule has 1 fully saturated rings. The van der Waals surface area contributed by atoms with Gasteiger partial charge in [-0.15, -0.1) is 0 Å². The number of aryl methyl sites for hydroxylation is 1. The van der Waals surface area contributed by atoms with Gasteiger partial charge in [0.05, 0.1) is 34.1 Å². The number of hydrogen-bond acceptors (Lipinski definition) is 9. The van der Waals surface area contributed by atoms with Gasteiger partial charge in [-0.1, -0.05) is 23.2 Å². The number of ether oxygens (including phenoxy) is 1. The molecule has 212 valence electrons. The molecule has 1 aliphatic heterocycles. The van der Waals surface area contributed by atoms with E-state index in [1.54, 1.807) is 19.2 Å². The van der Waals surface area contributed by atoms with Crippen molar-refractivity contribution in [2.45, 2.75) is 19.8 Å². The van der Waals surface area contributed by atoms with Crippen molar-refractivity contribution in [3.05, 3.63) is 63.3 Å². The first-order valence-electron chi connectivity index (χ1n) is 12.2. The molecule has 40 heavy (non-hydrogen) atoms. The largest absolute Gasteiger partial charge is 0.468 e. The van der Waals surface area contributed by atoms with E-state index in [4.69, 9.17) is 33.7 Å². The van der Waals surface area contributed by atoms with Crippen molar-refractivity contribution in [3.63, 3.8) is 0 Å². The monoisotopic (exact) mass is 609 g/mol. The summed E-state index contributed by atoms with van der Waals surface area (Å²) in [7, 11) is -3.28. The van der Waals surface area contributed by atoms with E-state index in [2.05, 4.69) is 20.2 Å². The van der Waals surface area contributed by atoms with E-state index >= 15 is 0 Å². The summed E-state index contributed by atoms with van der Waals surface area (Å²) < 4.78 is 45.8. The molecule has 0 spiro atoms. The quantitative estimate of drug-likeness (QED) is 0.268. The Kier molecular flexibility index (Phi) is 7.88. The van der Waals surface area contributed by atoms with Gasteiger partial charge in [-0.3, -0.25) is 15.8 Å². The molecule has 0 bridgehead atoms. The molecule has 0 saturated carbocycles. The van der Waals surface area contributed by atoms with Gasteiger partial charge in [0, 0.05) is 66.7 Å². The second kappa shape index (κ2) is 11.1. The van der Waals surface area contributed by atoms with Crippen LogP contribution in [-0.2, 0) is 16.6 Å². The summed E-state index contributed by atoms with van der Waals surface area (Å²) in [6.45, 7) is 2.91. The predicted octanol–water partition coefficient (Wildman–Crippen LogP) is 3.38. The van der Waals surface area contributed by atoms with Gasteiger partial charge >= 0.3 is 0 Å². The zero-order chi connectivity index (χ0) is 28.8. The topological polar surface area (TPSA) is 151 Å². The summed E-state index contributed by atoms with van der Waals surface area (Å²) in [5.74, 6) is -0.254. The number of aliphatic hydroxyl groups is 1. The van der Waals surface area contributed by atoms with Crippen molar-refractivity contribution in [1.82, 2.24) is 24.5 Å². The fraction of sp³-hybridized carbons (Fsp3) is 0.320. The molecule has 0 unspecified atom stereocenters. The number of fused-ring (bicyclic) bond motifs is 1. The number of aromatic amines is 1. The molecule has 0 radical (unpaired) electrons. The standard InChI is InChI=1S/C25H26Cl2FN7O4S/c1-13-22(27)21(17(26)11-30-13)24(29)39-20-8-16-19(9-18(20)28)32-33-23(16)14-7-15(12-36)25(31-10-14)34-3-5-35(6-4-34)40(2,37)38/h7-11,24,36H,3-6,12,29H2,1-2H3,(H,32,33)/t24-/m0/s1. The minimum absolute atomic E-state index is 0.139. The molecule has 5 rings (SSSR count). The Hall–Kier alpha value is -3.07. The Morgan fingerprint density at radius 2 is 1.90 bits per heavy atom. The number of benzene rings is 1. The molecule has 1 atom stereocenters. The number of H-pyrrole nitrogens is 1. The first kappa shape index (κ1) is 28.5. The van der Waals surface area contributed by atoms with Crippen LogP contribution >= 0.6 is 23.2 Å². The first-order chi connectivity index (χ1) is 19.0. The van der Waals surface area contributed by atoms with Gasteiger partial charge in [0.1, 0.15) is 11.5 Å². The third kappa shape index (κ3) is 5.45. The van der Waals surface area contributed by atoms with Gasteiger partial charge in [-0.05, 0) is 19.1 Å². The number of hydrogen-bond donors (Lipinski definition) is 3. The normalized spacial score (nSPS) is 15.5. The average Bonchev–Trinajstić information content (AvgIpc) is 3.32. The Bertz CT molecular complexity index is 1690. The highest BCUT2D eigenvalue weighted by Crippen LogP contribution is 2.36. The van der Waals surface area contributed by atoms with Crippen LogP contribution in [-0.4, -0.2) is 70.4 Å². The third-order valence-electron chi connectivity index (χ3n) is 6.73. The fourth-order valence-corrected chi connectivity index (χ4v) is 6.01. The van der Waals surface area contributed by atoms with Crippen LogP contribution in [0.2, 0.25) is 10.0 Å². The molecular formula is C25H26Cl2FN7O4S. The lowest BCUT2D eigenvalue weighted by atomic mass is 10.1. The van der Waals surface area contributed by atoms with Gasteiger partial charge in [-0.25, -0.2) is 17.8 Å². The van der Waals surface area contributed by atoms with Gasteiger partial charge in [0.15, 0.2) is 17.8 Å². The number of aliphatic hydroxyl groups excluding tert-OH is 1. The van der Waals surface area contributed by atoms with E-state index < -0.39 is 22.1 Å². The van der Waals surface area contributed by atoms with Crippen LogP contribution in [0, 0.1) is 12.7 Å². The summed E-state index contributed by atoms with van der Waals surface area (Å²) in [5.41, 5.74) is 8.98. The Labute approximate surface area is 239 Å². The van der Waals surface area contributed by atoms with E-state index in [-0.39, 0.29) is 28.0 Å². The molecule has 4 N–H and O–H groups in total. The molecule has 4 aromatic rings. The second-order valence-electron chi connectivity index (χ2n) is 9.37. The van der Waals surface area contributed by atoms with Crippen LogP contribution in [0.5, 0.6) is 5.75 Å². The van der Waals surface area contributed by atoms with Crippen molar-refractivity contribution in [2.75, 3.05) is 37.3 Å². The number of nitrogens with one attached hydrogen (secondary N) is 1. The molecule has 4 heterocycles. The lowest BCUT2D eigenvalue weighted by Crippen LogP contribution is -2.48. The van der Waals surface area contributed by atoms with Crippen molar-refractivity contribution in [2.24, 2.45) is 5.73 Å². The highest BCUT2D eigenvalue weighted by atomic mass is 35.5. The number of nitrogens with two attached hydrogens (primary N) is 1. The number of aromatic nitrogens is 4. The molecule has 3 aromatic heterocycles. The number of halogens is 3. The molecule has 1 saturated heterocycles. The maximum Gasteiger partial charge on any atom is 0.211 e. The first-order valence-corrected chi connectivity index (χ1v) is 14.8. The van der Waals surface area contributed by atoms with Crippen molar-refractivity contribution < 1.29 is 22.7 Å². The highest BCUT2D eigenvalue weighted by molar-refractivity contribution is 7.88. The van der Waals surface area contributed by atoms with Gasteiger partial charge in [0.25, 0.3) is 0 Å². The second-order valence-corrected chi connectivity index (χ2v) is 12.1. The van der Waals surface area contributed by atoms with E-state index in [9.17, 15) is 17.9 Å². The third-order valence-corrected chi connectivity index (χ3v) is 8.81. The molecule has 0 aliphatic carbocycles. The van der Waals surface area contributed by atoms with Crippen LogP contribution in [0.4, 0.5) is 10.2 Å². The molecule has 0 amide bonds. The number of nitrogens with zero attached hydrogens (tertiary/aromatic N) is 5. The number of pyridine rings is 2. The fourth-order valence-electron chi connectivity index (χ4n) is 4.63. The van der Waals surface area contributed by atoms with E-state index in [0.717, 1.165) is 0 Å². The number of rotatable bonds is 7. The Morgan fingerprint density at radius 3 is 2.58 bits per heavy atom. The SMILES string of the molecule is Cc1ncc(Cl)c([C@@H](N)Oc2cc3c(-c4cnc(N5CCN(S(C)(=O)=O)CC5)c(CO)c4)n[nH]c3cc2F)c1Cl. The summed E-state index contributed by atoms with van der Waals surface area (Å²) >= 11 is 12.6. The molecule has 1 aliphatic rings. The smallest absolute Gasteiger partial charge is 0.211 e. The lowest BCUT2D eigenvalue weighted by molar-refractivity contribution is 0.204. The van der Waals surface area contributed by atoms with E-state index in [1.165, 1.54) is 28.9 Å². The number of sulfonamides is 1. The van der Waals surface area contributed by atoms with Crippen molar-refractivity contribution >= 4 is 49.9 Å². The van der Waals surface area contributed by atoms with Gasteiger partial charge in [0.2, 0.25) is 10.0 Å². The lowest BCUT2D eigenvalue weighted by Gasteiger charge is -2.34. The van der Waals surface area contributed by atoms with Crippen LogP contribution < -0.4 is 15.4 Å². The van der Waals surface area contributed by atoms with Crippen LogP contribution in [0.25, 0.3) is 22.2 Å². The van der Waals surface area contributed by atoms with E-state index in [1.807, 2.05) is 4.90 Å². The Morgan fingerprint density at radius 1 is 1.18 bits per heavy atom. The minimum atomic E-state index is -3.28. The van der Waals surface area contributed by atoms with Gasteiger partial charge in [-0.2, -0.15) is 9.40 Å². The average molecular weight is 610 g/mol. The summed E-state index contributed by atoms with van der Waals surface area (Å²) in [4.78, 5) is 10.6. The van der Waals surface area contributed by atoms with Crippen LogP contribution in [0.15, 0.2) is 30.6 Å². The van der Waals surface area contributed by atoms with Crippen molar-refractivity contribution in [1.29, 1.82) is 0 Å². The Balaban J connectivity index is 1.45. The zero-order valence-electron chi connectivity index (χ0n) is 21.5. The predicted molar refractivity (Wildman–Crippen MR) is 150 cm³/mol. The molecule has 15 heteroatoms. The summed E-state index contributed by atoms with van der Waals surface area (Å²) in [6.07, 6.45) is 3.01.